The summed E-state index contributed by atoms with van der Waals surface area (Å²) in [7, 11) is 0. The van der Waals surface area contributed by atoms with E-state index in [2.05, 4.69) is 0 Å². The minimum Gasteiger partial charge on any atom is -0.489 e. The molecule has 0 saturated heterocycles. The molecule has 0 atom stereocenters. The highest BCUT2D eigenvalue weighted by Crippen LogP contribution is 2.13. The molecule has 102 valence electrons. The van der Waals surface area contributed by atoms with Crippen LogP contribution in [0.1, 0.15) is 22.3 Å². The molecule has 0 unspecified atom stereocenters. The minimum absolute atomic E-state index is 0.395. The van der Waals surface area contributed by atoms with Crippen molar-refractivity contribution in [2.75, 3.05) is 0 Å². The number of hydrogen-bond acceptors (Lipinski definition) is 3. The van der Waals surface area contributed by atoms with Gasteiger partial charge in [-0.15, -0.1) is 0 Å². The zero-order chi connectivity index (χ0) is 14.4. The smallest absolute Gasteiger partial charge is 0.311 e. The van der Waals surface area contributed by atoms with Crippen molar-refractivity contribution < 1.29 is 19.4 Å². The van der Waals surface area contributed by atoms with Crippen LogP contribution in [0.25, 0.3) is 0 Å². The van der Waals surface area contributed by atoms with Gasteiger partial charge in [0.2, 0.25) is 0 Å². The topological polar surface area (TPSA) is 63.6 Å². The second-order valence-corrected chi connectivity index (χ2v) is 4.29. The number of carboxylic acid groups (broad SMARTS) is 1. The van der Waals surface area contributed by atoms with Crippen molar-refractivity contribution in [3.05, 3.63) is 65.7 Å². The summed E-state index contributed by atoms with van der Waals surface area (Å²) in [5.41, 5.74) is 1.32. The van der Waals surface area contributed by atoms with Crippen LogP contribution in [0.3, 0.4) is 0 Å². The SMILES string of the molecule is O=C(O)CC(=O)c1ccc(COc2ccccc2)cc1. The minimum atomic E-state index is -1.12. The average Bonchev–Trinajstić information content (AvgIpc) is 2.46. The van der Waals surface area contributed by atoms with E-state index in [4.69, 9.17) is 9.84 Å². The van der Waals surface area contributed by atoms with Gasteiger partial charge in [0.05, 0.1) is 0 Å². The Kier molecular flexibility index (Phi) is 4.50. The monoisotopic (exact) mass is 270 g/mol. The fraction of sp³-hybridized carbons (Fsp3) is 0.125. The Hall–Kier alpha value is -2.62. The lowest BCUT2D eigenvalue weighted by atomic mass is 10.1. The Bertz CT molecular complexity index is 588. The molecular weight excluding hydrogens is 256 g/mol. The molecule has 4 nitrogen and oxygen atoms in total. The number of para-hydroxylation sites is 1. The van der Waals surface area contributed by atoms with Crippen molar-refractivity contribution in [1.29, 1.82) is 0 Å². The molecule has 2 aromatic rings. The van der Waals surface area contributed by atoms with E-state index in [-0.39, 0.29) is 0 Å². The first-order valence-corrected chi connectivity index (χ1v) is 6.17. The first-order valence-electron chi connectivity index (χ1n) is 6.17. The van der Waals surface area contributed by atoms with E-state index in [0.29, 0.717) is 12.2 Å². The molecule has 20 heavy (non-hydrogen) atoms. The lowest BCUT2D eigenvalue weighted by Gasteiger charge is -2.06. The van der Waals surface area contributed by atoms with Crippen molar-refractivity contribution in [3.8, 4) is 5.75 Å². The summed E-state index contributed by atoms with van der Waals surface area (Å²) >= 11 is 0. The van der Waals surface area contributed by atoms with E-state index in [1.54, 1.807) is 24.3 Å². The van der Waals surface area contributed by atoms with Gasteiger partial charge in [-0.1, -0.05) is 42.5 Å². The van der Waals surface area contributed by atoms with Gasteiger partial charge in [-0.05, 0) is 17.7 Å². The number of carbonyl (C=O) groups is 2. The highest BCUT2D eigenvalue weighted by Gasteiger charge is 2.10. The second-order valence-electron chi connectivity index (χ2n) is 4.29. The molecule has 0 aliphatic heterocycles. The van der Waals surface area contributed by atoms with E-state index in [1.165, 1.54) is 0 Å². The van der Waals surface area contributed by atoms with Gasteiger partial charge in [0.1, 0.15) is 18.8 Å². The lowest BCUT2D eigenvalue weighted by molar-refractivity contribution is -0.135. The fourth-order valence-corrected chi connectivity index (χ4v) is 1.71. The molecule has 0 aliphatic rings. The normalized spacial score (nSPS) is 10.0. The van der Waals surface area contributed by atoms with Crippen molar-refractivity contribution in [2.45, 2.75) is 13.0 Å². The lowest BCUT2D eigenvalue weighted by Crippen LogP contribution is -2.07. The van der Waals surface area contributed by atoms with Crippen molar-refractivity contribution in [1.82, 2.24) is 0 Å². The molecule has 4 heteroatoms. The number of Topliss-reactive ketones (excluding diaryl/α,β-unsaturated/α-hetero) is 1. The Balaban J connectivity index is 1.95. The number of rotatable bonds is 6. The molecule has 0 saturated carbocycles. The van der Waals surface area contributed by atoms with Gasteiger partial charge in [0.15, 0.2) is 5.78 Å². The largest absolute Gasteiger partial charge is 0.489 e. The van der Waals surface area contributed by atoms with E-state index in [0.717, 1.165) is 11.3 Å². The Morgan fingerprint density at radius 3 is 2.20 bits per heavy atom. The number of aliphatic carboxylic acids is 1. The highest BCUT2D eigenvalue weighted by molar-refractivity contribution is 6.05. The molecule has 1 N–H and O–H groups in total. The van der Waals surface area contributed by atoms with Gasteiger partial charge in [-0.25, -0.2) is 0 Å². The van der Waals surface area contributed by atoms with E-state index >= 15 is 0 Å². The maximum atomic E-state index is 11.5. The maximum Gasteiger partial charge on any atom is 0.311 e. The van der Waals surface area contributed by atoms with E-state index in [1.807, 2.05) is 30.3 Å². The highest BCUT2D eigenvalue weighted by atomic mass is 16.5. The maximum absolute atomic E-state index is 11.5. The molecule has 0 radical (unpaired) electrons. The predicted octanol–water partition coefficient (Wildman–Crippen LogP) is 2.92. The summed E-state index contributed by atoms with van der Waals surface area (Å²) in [6, 6.07) is 16.2. The molecule has 0 heterocycles. The quantitative estimate of drug-likeness (QED) is 0.647. The molecule has 0 aromatic heterocycles. The molecular formula is C16H14O4. The van der Waals surface area contributed by atoms with Gasteiger partial charge in [0.25, 0.3) is 0 Å². The van der Waals surface area contributed by atoms with Crippen molar-refractivity contribution >= 4 is 11.8 Å². The summed E-state index contributed by atoms with van der Waals surface area (Å²) in [5, 5.41) is 8.57. The molecule has 0 aliphatic carbocycles. The standard InChI is InChI=1S/C16H14O4/c17-15(10-16(18)19)13-8-6-12(7-9-13)11-20-14-4-2-1-3-5-14/h1-9H,10-11H2,(H,18,19). The molecule has 0 spiro atoms. The third-order valence-corrected chi connectivity index (χ3v) is 2.74. The van der Waals surface area contributed by atoms with Crippen LogP contribution in [0.5, 0.6) is 5.75 Å². The Morgan fingerprint density at radius 2 is 1.60 bits per heavy atom. The van der Waals surface area contributed by atoms with Gasteiger partial charge < -0.3 is 9.84 Å². The predicted molar refractivity (Wildman–Crippen MR) is 73.8 cm³/mol. The Labute approximate surface area is 116 Å². The molecule has 0 amide bonds. The molecule has 0 bridgehead atoms. The summed E-state index contributed by atoms with van der Waals surface area (Å²) in [6.07, 6.45) is -0.486. The molecule has 2 aromatic carbocycles. The first-order chi connectivity index (χ1) is 9.65. The van der Waals surface area contributed by atoms with E-state index < -0.39 is 18.2 Å². The second kappa shape index (κ2) is 6.52. The summed E-state index contributed by atoms with van der Waals surface area (Å²) in [4.78, 5) is 22.0. The molecule has 2 rings (SSSR count). The number of carboxylic acids is 1. The van der Waals surface area contributed by atoms with Crippen LogP contribution < -0.4 is 4.74 Å². The van der Waals surface area contributed by atoms with Crippen LogP contribution in [-0.4, -0.2) is 16.9 Å². The van der Waals surface area contributed by atoms with Crippen LogP contribution in [-0.2, 0) is 11.4 Å². The van der Waals surface area contributed by atoms with E-state index in [9.17, 15) is 9.59 Å². The number of ketones is 1. The molecule has 0 fully saturated rings. The van der Waals surface area contributed by atoms with Crippen LogP contribution in [0.2, 0.25) is 0 Å². The van der Waals surface area contributed by atoms with Gasteiger partial charge in [-0.2, -0.15) is 0 Å². The van der Waals surface area contributed by atoms with Crippen LogP contribution in [0, 0.1) is 0 Å². The number of benzene rings is 2. The van der Waals surface area contributed by atoms with Gasteiger partial charge in [0, 0.05) is 5.56 Å². The third kappa shape index (κ3) is 3.95. The summed E-state index contributed by atoms with van der Waals surface area (Å²) in [5.74, 6) is -0.738. The van der Waals surface area contributed by atoms with Crippen molar-refractivity contribution in [2.24, 2.45) is 0 Å². The first kappa shape index (κ1) is 13.8. The van der Waals surface area contributed by atoms with Crippen LogP contribution >= 0.6 is 0 Å². The third-order valence-electron chi connectivity index (χ3n) is 2.74. The van der Waals surface area contributed by atoms with Gasteiger partial charge in [-0.3, -0.25) is 9.59 Å². The average molecular weight is 270 g/mol. The van der Waals surface area contributed by atoms with Crippen molar-refractivity contribution in [3.63, 3.8) is 0 Å². The van der Waals surface area contributed by atoms with Gasteiger partial charge >= 0.3 is 5.97 Å². The number of hydrogen-bond donors (Lipinski definition) is 1. The van der Waals surface area contributed by atoms with Crippen LogP contribution in [0.4, 0.5) is 0 Å². The van der Waals surface area contributed by atoms with Crippen LogP contribution in [0.15, 0.2) is 54.6 Å². The summed E-state index contributed by atoms with van der Waals surface area (Å²) in [6.45, 7) is 0.400. The zero-order valence-electron chi connectivity index (χ0n) is 10.8. The fourth-order valence-electron chi connectivity index (χ4n) is 1.71. The summed E-state index contributed by atoms with van der Waals surface area (Å²) < 4.78 is 5.58. The number of carbonyl (C=O) groups excluding carboxylic acids is 1. The Morgan fingerprint density at radius 1 is 0.950 bits per heavy atom. The number of ether oxygens (including phenoxy) is 1. The zero-order valence-corrected chi connectivity index (χ0v) is 10.8.